The van der Waals surface area contributed by atoms with Crippen LogP contribution in [0.2, 0.25) is 0 Å². The van der Waals surface area contributed by atoms with Gasteiger partial charge in [0, 0.05) is 25.7 Å². The number of unbranched alkanes of at least 4 members (excludes halogenated alkanes) is 35. The molecule has 0 fully saturated rings. The molecule has 0 spiro atoms. The van der Waals surface area contributed by atoms with E-state index < -0.39 is 97.5 Å². The third-order valence-electron chi connectivity index (χ3n) is 15.9. The van der Waals surface area contributed by atoms with Crippen LogP contribution in [-0.2, 0) is 65.4 Å². The minimum Gasteiger partial charge on any atom is -0.462 e. The second-order valence-electron chi connectivity index (χ2n) is 26.3. The van der Waals surface area contributed by atoms with Gasteiger partial charge < -0.3 is 33.8 Å². The molecule has 522 valence electrons. The minimum atomic E-state index is -4.95. The maximum atomic E-state index is 13.0. The third kappa shape index (κ3) is 62.8. The van der Waals surface area contributed by atoms with Gasteiger partial charge in [-0.3, -0.25) is 37.3 Å². The van der Waals surface area contributed by atoms with Crippen molar-refractivity contribution in [1.82, 2.24) is 0 Å². The molecular weight excluding hydrogens is 1160 g/mol. The van der Waals surface area contributed by atoms with Crippen molar-refractivity contribution < 1.29 is 80.2 Å². The highest BCUT2D eigenvalue weighted by atomic mass is 31.2. The molecule has 0 saturated carbocycles. The van der Waals surface area contributed by atoms with Crippen LogP contribution in [0, 0.1) is 17.8 Å². The second kappa shape index (κ2) is 60.0. The first-order valence-corrected chi connectivity index (χ1v) is 38.8. The first-order valence-electron chi connectivity index (χ1n) is 35.8. The number of hydrogen-bond donors (Lipinski definition) is 3. The van der Waals surface area contributed by atoms with E-state index >= 15 is 0 Å². The quantitative estimate of drug-likeness (QED) is 0.0222. The standard InChI is InChI=1S/C69H134O17P2/c1-8-9-10-11-12-29-36-43-50-66(71)79-56-64(86-69(74)53-46-39-32-25-24-28-35-42-49-62(6)7)58-83-87(75,76)81-54-63(70)55-82-88(77,78)84-59-65(57-80-67(72)51-44-37-30-22-19-15-17-21-27-34-41-48-61(4)5)85-68(73)52-45-38-31-23-18-14-13-16-20-26-33-40-47-60(2)3/h60-65,70H,8-59H2,1-7H3,(H,75,76)(H,77,78)/t63-,64+,65+/m0/s1. The SMILES string of the molecule is CCCCCCCCCCC(=O)OC[C@H](COP(=O)(O)OC[C@H](O)COP(=O)(O)OC[C@@H](COC(=O)CCCCCCCCCCCCCC(C)C)OC(=O)CCCCCCCCCCCCCCC(C)C)OC(=O)CCCCCCCCCCC(C)C. The van der Waals surface area contributed by atoms with Gasteiger partial charge in [-0.05, 0) is 43.4 Å². The molecule has 0 aliphatic heterocycles. The Balaban J connectivity index is 5.23. The molecule has 0 radical (unpaired) electrons. The lowest BCUT2D eigenvalue weighted by Crippen LogP contribution is -2.30. The van der Waals surface area contributed by atoms with Crippen molar-refractivity contribution in [3.63, 3.8) is 0 Å². The molecule has 0 aromatic rings. The molecule has 0 aromatic carbocycles. The Kier molecular flexibility index (Phi) is 58.7. The van der Waals surface area contributed by atoms with Crippen LogP contribution in [0.15, 0.2) is 0 Å². The van der Waals surface area contributed by atoms with Crippen LogP contribution in [0.25, 0.3) is 0 Å². The maximum absolute atomic E-state index is 13.0. The van der Waals surface area contributed by atoms with E-state index in [2.05, 4.69) is 48.5 Å². The van der Waals surface area contributed by atoms with Gasteiger partial charge in [0.2, 0.25) is 0 Å². The largest absolute Gasteiger partial charge is 0.472 e. The van der Waals surface area contributed by atoms with Crippen LogP contribution in [0.5, 0.6) is 0 Å². The van der Waals surface area contributed by atoms with Crippen LogP contribution < -0.4 is 0 Å². The summed E-state index contributed by atoms with van der Waals surface area (Å²) in [5, 5.41) is 10.6. The Morgan fingerprint density at radius 3 is 0.773 bits per heavy atom. The molecule has 0 rings (SSSR count). The topological polar surface area (TPSA) is 237 Å². The summed E-state index contributed by atoms with van der Waals surface area (Å²) in [5.74, 6) is 0.135. The van der Waals surface area contributed by atoms with E-state index in [0.29, 0.717) is 25.7 Å². The molecular formula is C69H134O17P2. The van der Waals surface area contributed by atoms with Crippen molar-refractivity contribution in [1.29, 1.82) is 0 Å². The zero-order chi connectivity index (χ0) is 65.2. The Bertz CT molecular complexity index is 1730. The molecule has 0 aliphatic carbocycles. The predicted octanol–water partition coefficient (Wildman–Crippen LogP) is 19.5. The summed E-state index contributed by atoms with van der Waals surface area (Å²) >= 11 is 0. The number of phosphoric ester groups is 2. The molecule has 88 heavy (non-hydrogen) atoms. The lowest BCUT2D eigenvalue weighted by Gasteiger charge is -2.21. The van der Waals surface area contributed by atoms with Gasteiger partial charge in [0.15, 0.2) is 12.2 Å². The lowest BCUT2D eigenvalue weighted by molar-refractivity contribution is -0.161. The van der Waals surface area contributed by atoms with E-state index in [1.807, 2.05) is 0 Å². The molecule has 5 atom stereocenters. The smallest absolute Gasteiger partial charge is 0.462 e. The van der Waals surface area contributed by atoms with Crippen LogP contribution in [-0.4, -0.2) is 96.7 Å². The molecule has 2 unspecified atom stereocenters. The summed E-state index contributed by atoms with van der Waals surface area (Å²) < 4.78 is 68.2. The van der Waals surface area contributed by atoms with Crippen molar-refractivity contribution in [2.75, 3.05) is 39.6 Å². The lowest BCUT2D eigenvalue weighted by atomic mass is 10.0. The fourth-order valence-electron chi connectivity index (χ4n) is 10.4. The van der Waals surface area contributed by atoms with Crippen LogP contribution in [0.3, 0.4) is 0 Å². The summed E-state index contributed by atoms with van der Waals surface area (Å²) in [6.07, 6.45) is 43.1. The summed E-state index contributed by atoms with van der Waals surface area (Å²) in [4.78, 5) is 72.4. The third-order valence-corrected chi connectivity index (χ3v) is 17.8. The van der Waals surface area contributed by atoms with Crippen LogP contribution in [0.4, 0.5) is 0 Å². The number of esters is 4. The molecule has 0 saturated heterocycles. The number of aliphatic hydroxyl groups excluding tert-OH is 1. The molecule has 0 amide bonds. The summed E-state index contributed by atoms with van der Waals surface area (Å²) in [7, 11) is -9.90. The van der Waals surface area contributed by atoms with E-state index in [4.69, 9.17) is 37.0 Å². The van der Waals surface area contributed by atoms with Gasteiger partial charge in [-0.15, -0.1) is 0 Å². The number of hydrogen-bond acceptors (Lipinski definition) is 15. The Labute approximate surface area is 537 Å². The van der Waals surface area contributed by atoms with Crippen molar-refractivity contribution in [3.8, 4) is 0 Å². The summed E-state index contributed by atoms with van der Waals surface area (Å²) in [6.45, 7) is 11.8. The number of aliphatic hydroxyl groups is 1. The normalized spacial score (nSPS) is 14.2. The number of phosphoric acid groups is 2. The van der Waals surface area contributed by atoms with E-state index in [-0.39, 0.29) is 25.7 Å². The molecule has 0 aromatic heterocycles. The summed E-state index contributed by atoms with van der Waals surface area (Å²) in [6, 6.07) is 0. The molecule has 0 heterocycles. The van der Waals surface area contributed by atoms with Gasteiger partial charge in [-0.2, -0.15) is 0 Å². The predicted molar refractivity (Wildman–Crippen MR) is 354 cm³/mol. The highest BCUT2D eigenvalue weighted by Gasteiger charge is 2.30. The van der Waals surface area contributed by atoms with Crippen LogP contribution >= 0.6 is 15.6 Å². The Hall–Kier alpha value is -1.94. The number of carbonyl (C=O) groups excluding carboxylic acids is 4. The van der Waals surface area contributed by atoms with Crippen LogP contribution in [0.1, 0.15) is 344 Å². The average Bonchev–Trinajstić information content (AvgIpc) is 3.69. The summed E-state index contributed by atoms with van der Waals surface area (Å²) in [5.41, 5.74) is 0. The first-order chi connectivity index (χ1) is 42.2. The number of ether oxygens (including phenoxy) is 4. The highest BCUT2D eigenvalue weighted by Crippen LogP contribution is 2.45. The molecule has 3 N–H and O–H groups in total. The second-order valence-corrected chi connectivity index (χ2v) is 29.3. The molecule has 19 heteroatoms. The molecule has 0 bridgehead atoms. The van der Waals surface area contributed by atoms with E-state index in [9.17, 15) is 43.2 Å². The number of carbonyl (C=O) groups is 4. The van der Waals surface area contributed by atoms with Crippen molar-refractivity contribution in [2.24, 2.45) is 17.8 Å². The van der Waals surface area contributed by atoms with E-state index in [0.717, 1.165) is 114 Å². The zero-order valence-corrected chi connectivity index (χ0v) is 59.0. The fourth-order valence-corrected chi connectivity index (χ4v) is 11.9. The minimum absolute atomic E-state index is 0.104. The van der Waals surface area contributed by atoms with E-state index in [1.165, 1.54) is 148 Å². The average molecular weight is 1300 g/mol. The Morgan fingerprint density at radius 1 is 0.307 bits per heavy atom. The van der Waals surface area contributed by atoms with Crippen molar-refractivity contribution in [3.05, 3.63) is 0 Å². The van der Waals surface area contributed by atoms with Crippen molar-refractivity contribution in [2.45, 2.75) is 362 Å². The highest BCUT2D eigenvalue weighted by molar-refractivity contribution is 7.47. The monoisotopic (exact) mass is 1300 g/mol. The molecule has 0 aliphatic rings. The first kappa shape index (κ1) is 86.1. The zero-order valence-electron chi connectivity index (χ0n) is 57.2. The van der Waals surface area contributed by atoms with Gasteiger partial charge in [0.05, 0.1) is 26.4 Å². The van der Waals surface area contributed by atoms with E-state index in [1.54, 1.807) is 0 Å². The number of rotatable bonds is 67. The Morgan fingerprint density at radius 2 is 0.523 bits per heavy atom. The molecule has 17 nitrogen and oxygen atoms in total. The van der Waals surface area contributed by atoms with Gasteiger partial charge in [0.25, 0.3) is 0 Å². The van der Waals surface area contributed by atoms with Crippen molar-refractivity contribution >= 4 is 39.5 Å². The van der Waals surface area contributed by atoms with Gasteiger partial charge >= 0.3 is 39.5 Å². The van der Waals surface area contributed by atoms with Gasteiger partial charge in [-0.25, -0.2) is 9.13 Å². The maximum Gasteiger partial charge on any atom is 0.472 e. The van der Waals surface area contributed by atoms with Gasteiger partial charge in [0.1, 0.15) is 19.3 Å². The fraction of sp³-hybridized carbons (Fsp3) is 0.942. The van der Waals surface area contributed by atoms with Gasteiger partial charge in [-0.1, -0.05) is 292 Å².